The van der Waals surface area contributed by atoms with Crippen LogP contribution in [0.2, 0.25) is 0 Å². The van der Waals surface area contributed by atoms with Gasteiger partial charge in [0.25, 0.3) is 0 Å². The number of aromatic nitrogens is 2. The van der Waals surface area contributed by atoms with Crippen molar-refractivity contribution in [3.8, 4) is 0 Å². The molecule has 1 aliphatic heterocycles. The van der Waals surface area contributed by atoms with Gasteiger partial charge in [-0.1, -0.05) is 6.42 Å². The molecule has 1 fully saturated rings. The Kier molecular flexibility index (Phi) is 4.19. The third-order valence-electron chi connectivity index (χ3n) is 3.36. The summed E-state index contributed by atoms with van der Waals surface area (Å²) in [4.78, 5) is 10.5. The summed E-state index contributed by atoms with van der Waals surface area (Å²) in [6.07, 6.45) is 3.96. The first-order valence-electron chi connectivity index (χ1n) is 6.53. The lowest BCUT2D eigenvalue weighted by atomic mass is 10.1. The van der Waals surface area contributed by atoms with Crippen LogP contribution in [0.15, 0.2) is 6.07 Å². The van der Waals surface area contributed by atoms with E-state index in [0.29, 0.717) is 17.7 Å². The van der Waals surface area contributed by atoms with Crippen molar-refractivity contribution in [1.29, 1.82) is 0 Å². The van der Waals surface area contributed by atoms with Gasteiger partial charge >= 0.3 is 0 Å². The molecule has 1 atom stereocenters. The first-order chi connectivity index (χ1) is 8.65. The van der Waals surface area contributed by atoms with Crippen molar-refractivity contribution in [3.63, 3.8) is 0 Å². The molecule has 18 heavy (non-hydrogen) atoms. The molecule has 6 heteroatoms. The van der Waals surface area contributed by atoms with Crippen LogP contribution in [0.3, 0.4) is 0 Å². The number of hydrogen-bond acceptors (Lipinski definition) is 6. The van der Waals surface area contributed by atoms with Crippen LogP contribution in [0.25, 0.3) is 0 Å². The molecule has 1 aromatic rings. The second-order valence-electron chi connectivity index (χ2n) is 4.86. The van der Waals surface area contributed by atoms with Crippen molar-refractivity contribution in [1.82, 2.24) is 14.9 Å². The van der Waals surface area contributed by atoms with E-state index in [1.807, 2.05) is 0 Å². The summed E-state index contributed by atoms with van der Waals surface area (Å²) in [5, 5.41) is 3.27. The zero-order chi connectivity index (χ0) is 13.0. The van der Waals surface area contributed by atoms with E-state index < -0.39 is 0 Å². The summed E-state index contributed by atoms with van der Waals surface area (Å²) in [5.41, 5.74) is 11.2. The van der Waals surface area contributed by atoms with Crippen molar-refractivity contribution >= 4 is 17.6 Å². The van der Waals surface area contributed by atoms with E-state index in [0.717, 1.165) is 6.54 Å². The van der Waals surface area contributed by atoms with Crippen LogP contribution < -0.4 is 16.8 Å². The maximum absolute atomic E-state index is 5.63. The van der Waals surface area contributed by atoms with E-state index >= 15 is 0 Å². The molecule has 0 aliphatic carbocycles. The third kappa shape index (κ3) is 3.46. The number of anilines is 3. The first kappa shape index (κ1) is 12.9. The highest BCUT2D eigenvalue weighted by Crippen LogP contribution is 2.13. The lowest BCUT2D eigenvalue weighted by molar-refractivity contribution is 0.180. The average Bonchev–Trinajstić information content (AvgIpc) is 2.36. The fourth-order valence-electron chi connectivity index (χ4n) is 2.32. The number of nitrogen functional groups attached to an aromatic ring is 2. The number of piperidine rings is 1. The predicted octanol–water partition coefficient (Wildman–Crippen LogP) is 0.927. The number of nitrogens with two attached hydrogens (primary N) is 2. The SMILES string of the molecule is CC(CNc1cc(N)nc(N)n1)N1CCCCC1. The van der Waals surface area contributed by atoms with Crippen LogP contribution >= 0.6 is 0 Å². The molecule has 0 saturated carbocycles. The molecular weight excluding hydrogens is 228 g/mol. The van der Waals surface area contributed by atoms with E-state index in [1.165, 1.54) is 32.4 Å². The Morgan fingerprint density at radius 2 is 2.00 bits per heavy atom. The standard InChI is InChI=1S/C12H22N6/c1-9(18-5-3-2-4-6-18)8-15-11-7-10(13)16-12(14)17-11/h7,9H,2-6,8H2,1H3,(H5,13,14,15,16,17). The minimum absolute atomic E-state index is 0.211. The molecule has 1 aliphatic rings. The molecule has 0 amide bonds. The highest BCUT2D eigenvalue weighted by Gasteiger charge is 2.16. The number of nitrogens with one attached hydrogen (secondary N) is 1. The second kappa shape index (κ2) is 5.86. The summed E-state index contributed by atoms with van der Waals surface area (Å²) in [6.45, 7) is 5.45. The zero-order valence-corrected chi connectivity index (χ0v) is 10.9. The van der Waals surface area contributed by atoms with E-state index in [1.54, 1.807) is 6.07 Å². The van der Waals surface area contributed by atoms with Gasteiger partial charge in [-0.25, -0.2) is 0 Å². The van der Waals surface area contributed by atoms with Gasteiger partial charge in [0.05, 0.1) is 0 Å². The third-order valence-corrected chi connectivity index (χ3v) is 3.36. The van der Waals surface area contributed by atoms with Crippen LogP contribution in [0.1, 0.15) is 26.2 Å². The van der Waals surface area contributed by atoms with Crippen LogP contribution in [0.5, 0.6) is 0 Å². The number of hydrogen-bond donors (Lipinski definition) is 3. The van der Waals surface area contributed by atoms with Gasteiger partial charge in [-0.2, -0.15) is 9.97 Å². The molecule has 1 saturated heterocycles. The molecule has 1 unspecified atom stereocenters. The summed E-state index contributed by atoms with van der Waals surface area (Å²) in [5.74, 6) is 1.31. The molecule has 0 aromatic carbocycles. The van der Waals surface area contributed by atoms with E-state index in [-0.39, 0.29) is 5.95 Å². The quantitative estimate of drug-likeness (QED) is 0.736. The smallest absolute Gasteiger partial charge is 0.223 e. The molecule has 0 bridgehead atoms. The molecule has 0 spiro atoms. The zero-order valence-electron chi connectivity index (χ0n) is 10.9. The fraction of sp³-hybridized carbons (Fsp3) is 0.667. The molecule has 100 valence electrons. The summed E-state index contributed by atoms with van der Waals surface area (Å²) in [6, 6.07) is 2.20. The van der Waals surface area contributed by atoms with Gasteiger partial charge in [-0.3, -0.25) is 4.90 Å². The summed E-state index contributed by atoms with van der Waals surface area (Å²) < 4.78 is 0. The average molecular weight is 250 g/mol. The van der Waals surface area contributed by atoms with Gasteiger partial charge in [0.15, 0.2) is 0 Å². The first-order valence-corrected chi connectivity index (χ1v) is 6.53. The maximum atomic E-state index is 5.63. The van der Waals surface area contributed by atoms with Crippen molar-refractivity contribution in [3.05, 3.63) is 6.07 Å². The molecular formula is C12H22N6. The number of rotatable bonds is 4. The topological polar surface area (TPSA) is 93.1 Å². The number of nitrogens with zero attached hydrogens (tertiary/aromatic N) is 3. The summed E-state index contributed by atoms with van der Waals surface area (Å²) >= 11 is 0. The maximum Gasteiger partial charge on any atom is 0.223 e. The Balaban J connectivity index is 1.86. The minimum atomic E-state index is 0.211. The van der Waals surface area contributed by atoms with E-state index in [9.17, 15) is 0 Å². The molecule has 2 heterocycles. The van der Waals surface area contributed by atoms with Crippen molar-refractivity contribution in [2.75, 3.05) is 36.4 Å². The normalized spacial score (nSPS) is 18.5. The largest absolute Gasteiger partial charge is 0.383 e. The van der Waals surface area contributed by atoms with E-state index in [4.69, 9.17) is 11.5 Å². The molecule has 2 rings (SSSR count). The fourth-order valence-corrected chi connectivity index (χ4v) is 2.32. The highest BCUT2D eigenvalue weighted by atomic mass is 15.2. The predicted molar refractivity (Wildman–Crippen MR) is 74.2 cm³/mol. The molecule has 0 radical (unpaired) electrons. The van der Waals surface area contributed by atoms with Gasteiger partial charge in [0.1, 0.15) is 11.6 Å². The van der Waals surface area contributed by atoms with Crippen molar-refractivity contribution < 1.29 is 0 Å². The van der Waals surface area contributed by atoms with Crippen molar-refractivity contribution in [2.24, 2.45) is 0 Å². The monoisotopic (exact) mass is 250 g/mol. The van der Waals surface area contributed by atoms with Crippen molar-refractivity contribution in [2.45, 2.75) is 32.2 Å². The van der Waals surface area contributed by atoms with E-state index in [2.05, 4.69) is 27.1 Å². The second-order valence-corrected chi connectivity index (χ2v) is 4.86. The van der Waals surface area contributed by atoms with Crippen LogP contribution in [0, 0.1) is 0 Å². The minimum Gasteiger partial charge on any atom is -0.383 e. The Bertz CT molecular complexity index is 368. The van der Waals surface area contributed by atoms with Crippen LogP contribution in [-0.4, -0.2) is 40.5 Å². The van der Waals surface area contributed by atoms with Gasteiger partial charge in [0.2, 0.25) is 5.95 Å². The Labute approximate surface area is 108 Å². The molecule has 6 nitrogen and oxygen atoms in total. The Morgan fingerprint density at radius 3 is 2.67 bits per heavy atom. The Hall–Kier alpha value is -1.56. The van der Waals surface area contributed by atoms with Gasteiger partial charge in [-0.05, 0) is 32.9 Å². The van der Waals surface area contributed by atoms with Crippen LogP contribution in [0.4, 0.5) is 17.6 Å². The lowest BCUT2D eigenvalue weighted by Gasteiger charge is -2.32. The summed E-state index contributed by atoms with van der Waals surface area (Å²) in [7, 11) is 0. The van der Waals surface area contributed by atoms with Gasteiger partial charge in [0, 0.05) is 18.7 Å². The lowest BCUT2D eigenvalue weighted by Crippen LogP contribution is -2.41. The molecule has 5 N–H and O–H groups in total. The van der Waals surface area contributed by atoms with Gasteiger partial charge in [-0.15, -0.1) is 0 Å². The molecule has 1 aromatic heterocycles. The highest BCUT2D eigenvalue weighted by molar-refractivity contribution is 5.48. The van der Waals surface area contributed by atoms with Gasteiger partial charge < -0.3 is 16.8 Å². The van der Waals surface area contributed by atoms with Crippen LogP contribution in [-0.2, 0) is 0 Å². The number of likely N-dealkylation sites (tertiary alicyclic amines) is 1. The Morgan fingerprint density at radius 1 is 1.28 bits per heavy atom.